The molecule has 162 valence electrons. The van der Waals surface area contributed by atoms with E-state index in [0.29, 0.717) is 23.0 Å². The number of rotatable bonds is 5. The normalized spacial score (nSPS) is 15.4. The second-order valence-corrected chi connectivity index (χ2v) is 8.34. The lowest BCUT2D eigenvalue weighted by Gasteiger charge is -2.34. The molecule has 0 bridgehead atoms. The third-order valence-corrected chi connectivity index (χ3v) is 6.06. The molecule has 31 heavy (non-hydrogen) atoms. The average Bonchev–Trinajstić information content (AvgIpc) is 3.18. The van der Waals surface area contributed by atoms with Crippen molar-refractivity contribution >= 4 is 22.7 Å². The number of nitrogens with zero attached hydrogens (tertiary/aromatic N) is 2. The summed E-state index contributed by atoms with van der Waals surface area (Å²) in [5.74, 6) is 0.139. The van der Waals surface area contributed by atoms with Crippen LogP contribution >= 0.6 is 0 Å². The van der Waals surface area contributed by atoms with Crippen LogP contribution in [0.1, 0.15) is 47.5 Å². The van der Waals surface area contributed by atoms with Crippen LogP contribution in [0.15, 0.2) is 54.6 Å². The van der Waals surface area contributed by atoms with Gasteiger partial charge in [0, 0.05) is 36.1 Å². The van der Waals surface area contributed by atoms with E-state index >= 15 is 0 Å². The standard InChI is InChI=1S/C25H29N3O3/c1-17(2)27-13-11-20(12-14-27)26-24(29)23-16-18-7-4-5-10-22(18)28(23)25(30)19-8-6-9-21(15-19)31-3/h4-10,15-17,20H,11-14H2,1-3H3,(H,26,29). The van der Waals surface area contributed by atoms with E-state index in [-0.39, 0.29) is 17.9 Å². The van der Waals surface area contributed by atoms with Gasteiger partial charge < -0.3 is 15.0 Å². The van der Waals surface area contributed by atoms with Crippen LogP contribution in [-0.2, 0) is 0 Å². The number of hydrogen-bond acceptors (Lipinski definition) is 4. The molecule has 0 spiro atoms. The first kappa shape index (κ1) is 21.1. The molecule has 3 aromatic rings. The lowest BCUT2D eigenvalue weighted by Crippen LogP contribution is -2.47. The maximum Gasteiger partial charge on any atom is 0.268 e. The average molecular weight is 420 g/mol. The number of carbonyl (C=O) groups is 2. The first-order valence-corrected chi connectivity index (χ1v) is 10.8. The van der Waals surface area contributed by atoms with E-state index in [0.717, 1.165) is 36.8 Å². The van der Waals surface area contributed by atoms with Gasteiger partial charge in [0.1, 0.15) is 11.4 Å². The Balaban J connectivity index is 1.63. The van der Waals surface area contributed by atoms with Crippen LogP contribution in [0.5, 0.6) is 5.75 Å². The summed E-state index contributed by atoms with van der Waals surface area (Å²) in [6, 6.07) is 17.0. The Kier molecular flexibility index (Phi) is 6.09. The van der Waals surface area contributed by atoms with Gasteiger partial charge in [-0.2, -0.15) is 0 Å². The molecule has 1 aliphatic heterocycles. The van der Waals surface area contributed by atoms with Crippen molar-refractivity contribution in [1.82, 2.24) is 14.8 Å². The van der Waals surface area contributed by atoms with E-state index in [9.17, 15) is 9.59 Å². The van der Waals surface area contributed by atoms with Crippen LogP contribution in [0.2, 0.25) is 0 Å². The van der Waals surface area contributed by atoms with E-state index in [4.69, 9.17) is 4.74 Å². The second-order valence-electron chi connectivity index (χ2n) is 8.34. The molecule has 6 nitrogen and oxygen atoms in total. The van der Waals surface area contributed by atoms with Crippen LogP contribution < -0.4 is 10.1 Å². The molecule has 1 aromatic heterocycles. The summed E-state index contributed by atoms with van der Waals surface area (Å²) in [4.78, 5) is 29.1. The van der Waals surface area contributed by atoms with Crippen molar-refractivity contribution in [2.75, 3.05) is 20.2 Å². The number of para-hydroxylation sites is 1. The summed E-state index contributed by atoms with van der Waals surface area (Å²) in [6.07, 6.45) is 1.82. The number of fused-ring (bicyclic) bond motifs is 1. The molecule has 0 aliphatic carbocycles. The Bertz CT molecular complexity index is 1090. The van der Waals surface area contributed by atoms with Gasteiger partial charge in [-0.15, -0.1) is 0 Å². The Labute approximate surface area is 182 Å². The van der Waals surface area contributed by atoms with E-state index < -0.39 is 0 Å². The number of benzene rings is 2. The third-order valence-electron chi connectivity index (χ3n) is 6.06. The lowest BCUT2D eigenvalue weighted by atomic mass is 10.0. The second kappa shape index (κ2) is 8.94. The fraction of sp³-hybridized carbons (Fsp3) is 0.360. The van der Waals surface area contributed by atoms with Gasteiger partial charge in [-0.05, 0) is 57.0 Å². The Morgan fingerprint density at radius 2 is 1.77 bits per heavy atom. The Hall–Kier alpha value is -3.12. The molecule has 0 radical (unpaired) electrons. The summed E-state index contributed by atoms with van der Waals surface area (Å²) in [5.41, 5.74) is 1.55. The van der Waals surface area contributed by atoms with Crippen molar-refractivity contribution in [3.8, 4) is 5.75 Å². The molecule has 1 aliphatic rings. The summed E-state index contributed by atoms with van der Waals surface area (Å²) in [6.45, 7) is 6.33. The van der Waals surface area contributed by atoms with E-state index in [1.807, 2.05) is 24.3 Å². The minimum absolute atomic E-state index is 0.112. The number of methoxy groups -OCH3 is 1. The molecule has 1 saturated heterocycles. The van der Waals surface area contributed by atoms with Gasteiger partial charge in [-0.3, -0.25) is 14.2 Å². The van der Waals surface area contributed by atoms with Gasteiger partial charge in [0.05, 0.1) is 12.6 Å². The predicted molar refractivity (Wildman–Crippen MR) is 122 cm³/mol. The zero-order chi connectivity index (χ0) is 22.0. The van der Waals surface area contributed by atoms with E-state index in [2.05, 4.69) is 24.1 Å². The minimum atomic E-state index is -0.250. The summed E-state index contributed by atoms with van der Waals surface area (Å²) >= 11 is 0. The maximum absolute atomic E-state index is 13.4. The number of ether oxygens (including phenoxy) is 1. The van der Waals surface area contributed by atoms with Gasteiger partial charge in [0.15, 0.2) is 0 Å². The van der Waals surface area contributed by atoms with Crippen LogP contribution in [0.4, 0.5) is 0 Å². The van der Waals surface area contributed by atoms with Crippen molar-refractivity contribution in [2.24, 2.45) is 0 Å². The van der Waals surface area contributed by atoms with Crippen molar-refractivity contribution in [1.29, 1.82) is 0 Å². The third kappa shape index (κ3) is 4.35. The molecule has 6 heteroatoms. The zero-order valence-corrected chi connectivity index (χ0v) is 18.3. The molecular weight excluding hydrogens is 390 g/mol. The number of piperidine rings is 1. The number of nitrogens with one attached hydrogen (secondary N) is 1. The monoisotopic (exact) mass is 419 g/mol. The highest BCUT2D eigenvalue weighted by molar-refractivity contribution is 6.09. The summed E-state index contributed by atoms with van der Waals surface area (Å²) in [7, 11) is 1.57. The fourth-order valence-electron chi connectivity index (χ4n) is 4.25. The van der Waals surface area contributed by atoms with Crippen molar-refractivity contribution in [3.05, 3.63) is 65.9 Å². The fourth-order valence-corrected chi connectivity index (χ4v) is 4.25. The predicted octanol–water partition coefficient (Wildman–Crippen LogP) is 3.94. The largest absolute Gasteiger partial charge is 0.497 e. The SMILES string of the molecule is COc1cccc(C(=O)n2c(C(=O)NC3CCN(C(C)C)CC3)cc3ccccc32)c1. The summed E-state index contributed by atoms with van der Waals surface area (Å²) < 4.78 is 6.79. The molecule has 2 heterocycles. The van der Waals surface area contributed by atoms with Crippen molar-refractivity contribution in [2.45, 2.75) is 38.8 Å². The Morgan fingerprint density at radius 1 is 1.03 bits per heavy atom. The van der Waals surface area contributed by atoms with Crippen LogP contribution in [0.3, 0.4) is 0 Å². The van der Waals surface area contributed by atoms with Crippen LogP contribution in [0, 0.1) is 0 Å². The number of amides is 1. The molecule has 1 N–H and O–H groups in total. The number of aromatic nitrogens is 1. The molecule has 0 atom stereocenters. The highest BCUT2D eigenvalue weighted by atomic mass is 16.5. The molecule has 0 saturated carbocycles. The topological polar surface area (TPSA) is 63.6 Å². The van der Waals surface area contributed by atoms with Gasteiger partial charge in [-0.25, -0.2) is 0 Å². The number of hydrogen-bond donors (Lipinski definition) is 1. The smallest absolute Gasteiger partial charge is 0.268 e. The lowest BCUT2D eigenvalue weighted by molar-refractivity contribution is 0.0867. The zero-order valence-electron chi connectivity index (χ0n) is 18.3. The Morgan fingerprint density at radius 3 is 2.48 bits per heavy atom. The molecule has 2 aromatic carbocycles. The van der Waals surface area contributed by atoms with E-state index in [1.165, 1.54) is 4.57 Å². The van der Waals surface area contributed by atoms with Gasteiger partial charge >= 0.3 is 0 Å². The quantitative estimate of drug-likeness (QED) is 0.680. The van der Waals surface area contributed by atoms with Gasteiger partial charge in [-0.1, -0.05) is 24.3 Å². The first-order valence-electron chi connectivity index (χ1n) is 10.8. The number of likely N-dealkylation sites (tertiary alicyclic amines) is 1. The van der Waals surface area contributed by atoms with Crippen molar-refractivity contribution in [3.63, 3.8) is 0 Å². The minimum Gasteiger partial charge on any atom is -0.497 e. The summed E-state index contributed by atoms with van der Waals surface area (Å²) in [5, 5.41) is 4.02. The van der Waals surface area contributed by atoms with Gasteiger partial charge in [0.2, 0.25) is 0 Å². The molecular formula is C25H29N3O3. The van der Waals surface area contributed by atoms with Crippen molar-refractivity contribution < 1.29 is 14.3 Å². The molecule has 0 unspecified atom stereocenters. The first-order chi connectivity index (χ1) is 15.0. The molecule has 1 fully saturated rings. The molecule has 4 rings (SSSR count). The highest BCUT2D eigenvalue weighted by Crippen LogP contribution is 2.23. The van der Waals surface area contributed by atoms with Crippen LogP contribution in [0.25, 0.3) is 10.9 Å². The highest BCUT2D eigenvalue weighted by Gasteiger charge is 2.26. The molecule has 1 amide bonds. The van der Waals surface area contributed by atoms with E-state index in [1.54, 1.807) is 37.4 Å². The maximum atomic E-state index is 13.4. The van der Waals surface area contributed by atoms with Crippen LogP contribution in [-0.4, -0.2) is 53.6 Å². The van der Waals surface area contributed by atoms with Gasteiger partial charge in [0.25, 0.3) is 11.8 Å². The number of carbonyl (C=O) groups excluding carboxylic acids is 2.